The number of amides is 1. The van der Waals surface area contributed by atoms with Gasteiger partial charge in [0.25, 0.3) is 0 Å². The molecule has 4 nitrogen and oxygen atoms in total. The Labute approximate surface area is 107 Å². The van der Waals surface area contributed by atoms with Gasteiger partial charge in [0.2, 0.25) is 5.91 Å². The van der Waals surface area contributed by atoms with Crippen LogP contribution in [0.15, 0.2) is 0 Å². The van der Waals surface area contributed by atoms with Gasteiger partial charge in [-0.05, 0) is 56.2 Å². The lowest BCUT2D eigenvalue weighted by molar-refractivity contribution is -0.122. The maximum atomic E-state index is 11.4. The summed E-state index contributed by atoms with van der Waals surface area (Å²) in [6.45, 7) is 0. The highest BCUT2D eigenvalue weighted by Crippen LogP contribution is 2.44. The van der Waals surface area contributed by atoms with Crippen molar-refractivity contribution in [1.82, 2.24) is 16.2 Å². The SMILES string of the molecule is O=C(NNC(=S)N[C@@H]1C[C@H]2CC[C@H]1C2)C1CC1. The maximum Gasteiger partial charge on any atom is 0.241 e. The van der Waals surface area contributed by atoms with Crippen LogP contribution in [0.2, 0.25) is 0 Å². The Hall–Kier alpha value is -0.840. The molecule has 17 heavy (non-hydrogen) atoms. The Morgan fingerprint density at radius 2 is 1.88 bits per heavy atom. The van der Waals surface area contributed by atoms with E-state index in [1.807, 2.05) is 0 Å². The average molecular weight is 253 g/mol. The second-order valence-corrected chi connectivity index (χ2v) is 6.05. The van der Waals surface area contributed by atoms with Crippen LogP contribution in [0.25, 0.3) is 0 Å². The Balaban J connectivity index is 1.39. The number of nitrogens with one attached hydrogen (secondary N) is 3. The summed E-state index contributed by atoms with van der Waals surface area (Å²) < 4.78 is 0. The molecule has 0 radical (unpaired) electrons. The highest BCUT2D eigenvalue weighted by Gasteiger charge is 2.39. The third kappa shape index (κ3) is 2.54. The summed E-state index contributed by atoms with van der Waals surface area (Å²) in [6, 6.07) is 0.520. The minimum absolute atomic E-state index is 0.0714. The van der Waals surface area contributed by atoms with Crippen molar-refractivity contribution in [3.63, 3.8) is 0 Å². The standard InChI is InChI=1S/C12H19N3OS/c16-11(8-3-4-8)14-15-12(17)13-10-6-7-1-2-9(10)5-7/h7-10H,1-6H2,(H,14,16)(H2,13,15,17)/t7-,9-,10+/m0/s1. The topological polar surface area (TPSA) is 53.2 Å². The first-order chi connectivity index (χ1) is 8.22. The number of fused-ring (bicyclic) bond motifs is 2. The quantitative estimate of drug-likeness (QED) is 0.509. The van der Waals surface area contributed by atoms with E-state index in [9.17, 15) is 4.79 Å². The van der Waals surface area contributed by atoms with E-state index in [-0.39, 0.29) is 11.8 Å². The lowest BCUT2D eigenvalue weighted by Crippen LogP contribution is -2.51. The van der Waals surface area contributed by atoms with Gasteiger partial charge < -0.3 is 5.32 Å². The summed E-state index contributed by atoms with van der Waals surface area (Å²) in [6.07, 6.45) is 7.35. The van der Waals surface area contributed by atoms with Crippen LogP contribution in [-0.2, 0) is 4.79 Å². The fourth-order valence-electron chi connectivity index (χ4n) is 3.19. The largest absolute Gasteiger partial charge is 0.358 e. The molecule has 5 heteroatoms. The van der Waals surface area contributed by atoms with E-state index >= 15 is 0 Å². The van der Waals surface area contributed by atoms with Crippen molar-refractivity contribution in [1.29, 1.82) is 0 Å². The highest BCUT2D eigenvalue weighted by molar-refractivity contribution is 7.80. The van der Waals surface area contributed by atoms with E-state index in [0.717, 1.165) is 24.7 Å². The molecule has 94 valence electrons. The van der Waals surface area contributed by atoms with Crippen LogP contribution in [0.5, 0.6) is 0 Å². The molecule has 1 amide bonds. The Morgan fingerprint density at radius 1 is 1.06 bits per heavy atom. The van der Waals surface area contributed by atoms with Crippen LogP contribution in [0, 0.1) is 17.8 Å². The molecule has 3 aliphatic rings. The monoisotopic (exact) mass is 253 g/mol. The summed E-state index contributed by atoms with van der Waals surface area (Å²) in [5.41, 5.74) is 5.48. The Morgan fingerprint density at radius 3 is 2.47 bits per heavy atom. The fourth-order valence-corrected chi connectivity index (χ4v) is 3.39. The summed E-state index contributed by atoms with van der Waals surface area (Å²) in [4.78, 5) is 11.4. The number of rotatable bonds is 2. The molecule has 0 spiro atoms. The molecule has 3 atom stereocenters. The van der Waals surface area contributed by atoms with Crippen molar-refractivity contribution in [2.75, 3.05) is 0 Å². The number of hydrogen-bond donors (Lipinski definition) is 3. The summed E-state index contributed by atoms with van der Waals surface area (Å²) in [5.74, 6) is 1.98. The predicted molar refractivity (Wildman–Crippen MR) is 69.0 cm³/mol. The van der Waals surface area contributed by atoms with E-state index in [1.165, 1.54) is 25.7 Å². The molecule has 3 aliphatic carbocycles. The molecular weight excluding hydrogens is 234 g/mol. The van der Waals surface area contributed by atoms with E-state index in [2.05, 4.69) is 16.2 Å². The Bertz CT molecular complexity index is 343. The van der Waals surface area contributed by atoms with Gasteiger partial charge in [-0.3, -0.25) is 15.6 Å². The first-order valence-corrected chi connectivity index (χ1v) is 6.99. The van der Waals surface area contributed by atoms with Crippen molar-refractivity contribution in [3.8, 4) is 0 Å². The van der Waals surface area contributed by atoms with Crippen molar-refractivity contribution >= 4 is 23.2 Å². The number of hydrogen-bond acceptors (Lipinski definition) is 2. The number of carbonyl (C=O) groups is 1. The highest BCUT2D eigenvalue weighted by atomic mass is 32.1. The molecule has 0 aromatic heterocycles. The average Bonchev–Trinajstić information content (AvgIpc) is 2.97. The molecule has 3 rings (SSSR count). The van der Waals surface area contributed by atoms with Crippen LogP contribution < -0.4 is 16.2 Å². The first kappa shape index (κ1) is 11.3. The minimum Gasteiger partial charge on any atom is -0.358 e. The normalized spacial score (nSPS) is 34.5. The van der Waals surface area contributed by atoms with Gasteiger partial charge >= 0.3 is 0 Å². The molecular formula is C12H19N3OS. The smallest absolute Gasteiger partial charge is 0.241 e. The van der Waals surface area contributed by atoms with Crippen LogP contribution in [-0.4, -0.2) is 17.1 Å². The molecule has 0 aliphatic heterocycles. The zero-order chi connectivity index (χ0) is 11.8. The summed E-state index contributed by atoms with van der Waals surface area (Å²) >= 11 is 5.19. The maximum absolute atomic E-state index is 11.4. The molecule has 0 aromatic rings. The summed E-state index contributed by atoms with van der Waals surface area (Å²) in [7, 11) is 0. The van der Waals surface area contributed by atoms with Gasteiger partial charge in [-0.2, -0.15) is 0 Å². The first-order valence-electron chi connectivity index (χ1n) is 6.58. The molecule has 3 saturated carbocycles. The van der Waals surface area contributed by atoms with Crippen molar-refractivity contribution < 1.29 is 4.79 Å². The fraction of sp³-hybridized carbons (Fsp3) is 0.833. The second-order valence-electron chi connectivity index (χ2n) is 5.64. The molecule has 0 heterocycles. The summed E-state index contributed by atoms with van der Waals surface area (Å²) in [5, 5.41) is 3.90. The Kier molecular flexibility index (Phi) is 2.94. The molecule has 0 saturated heterocycles. The molecule has 3 fully saturated rings. The van der Waals surface area contributed by atoms with Gasteiger partial charge in [0, 0.05) is 12.0 Å². The lowest BCUT2D eigenvalue weighted by atomic mass is 9.96. The van der Waals surface area contributed by atoms with Crippen LogP contribution in [0.4, 0.5) is 0 Å². The van der Waals surface area contributed by atoms with Crippen molar-refractivity contribution in [2.45, 2.75) is 44.6 Å². The molecule has 0 unspecified atom stereocenters. The van der Waals surface area contributed by atoms with Crippen molar-refractivity contribution in [3.05, 3.63) is 0 Å². The van der Waals surface area contributed by atoms with Crippen LogP contribution >= 0.6 is 12.2 Å². The third-order valence-electron chi connectivity index (χ3n) is 4.30. The van der Waals surface area contributed by atoms with E-state index in [1.54, 1.807) is 0 Å². The molecule has 0 aromatic carbocycles. The van der Waals surface area contributed by atoms with E-state index in [4.69, 9.17) is 12.2 Å². The van der Waals surface area contributed by atoms with Gasteiger partial charge in [0.1, 0.15) is 0 Å². The van der Waals surface area contributed by atoms with Crippen molar-refractivity contribution in [2.24, 2.45) is 17.8 Å². The number of hydrazine groups is 1. The van der Waals surface area contributed by atoms with Gasteiger partial charge in [0.05, 0.1) is 0 Å². The zero-order valence-corrected chi connectivity index (χ0v) is 10.7. The minimum atomic E-state index is 0.0714. The zero-order valence-electron chi connectivity index (χ0n) is 9.87. The number of thiocarbonyl (C=S) groups is 1. The van der Waals surface area contributed by atoms with Gasteiger partial charge in [-0.1, -0.05) is 6.42 Å². The number of carbonyl (C=O) groups excluding carboxylic acids is 1. The predicted octanol–water partition coefficient (Wildman–Crippen LogP) is 1.08. The van der Waals surface area contributed by atoms with Crippen LogP contribution in [0.1, 0.15) is 38.5 Å². The van der Waals surface area contributed by atoms with Crippen LogP contribution in [0.3, 0.4) is 0 Å². The van der Waals surface area contributed by atoms with Gasteiger partial charge in [0.15, 0.2) is 5.11 Å². The van der Waals surface area contributed by atoms with E-state index in [0.29, 0.717) is 11.2 Å². The van der Waals surface area contributed by atoms with E-state index < -0.39 is 0 Å². The second kappa shape index (κ2) is 4.44. The molecule has 3 N–H and O–H groups in total. The van der Waals surface area contributed by atoms with Gasteiger partial charge in [-0.15, -0.1) is 0 Å². The lowest BCUT2D eigenvalue weighted by Gasteiger charge is -2.24. The third-order valence-corrected chi connectivity index (χ3v) is 4.52. The van der Waals surface area contributed by atoms with Gasteiger partial charge in [-0.25, -0.2) is 0 Å². The molecule has 2 bridgehead atoms.